The second kappa shape index (κ2) is 5.89. The second-order valence-electron chi connectivity index (χ2n) is 3.61. The molecule has 0 heterocycles. The number of halogens is 1. The van der Waals surface area contributed by atoms with E-state index in [4.69, 9.17) is 4.74 Å². The van der Waals surface area contributed by atoms with Crippen LogP contribution in [0.25, 0.3) is 0 Å². The number of aryl methyl sites for hydroxylation is 1. The molecule has 16 heavy (non-hydrogen) atoms. The van der Waals surface area contributed by atoms with Gasteiger partial charge in [-0.2, -0.15) is 0 Å². The van der Waals surface area contributed by atoms with E-state index in [1.807, 2.05) is 12.1 Å². The fraction of sp³-hybridized carbons (Fsp3) is 0.417. The third kappa shape index (κ3) is 3.23. The minimum Gasteiger partial charge on any atom is -0.496 e. The average Bonchev–Trinajstić information content (AvgIpc) is 2.28. The van der Waals surface area contributed by atoms with Crippen molar-refractivity contribution in [1.82, 2.24) is 4.90 Å². The molecule has 0 radical (unpaired) electrons. The van der Waals surface area contributed by atoms with Gasteiger partial charge in [-0.25, -0.2) is 0 Å². The predicted molar refractivity (Wildman–Crippen MR) is 68.2 cm³/mol. The van der Waals surface area contributed by atoms with Gasteiger partial charge in [-0.15, -0.1) is 0 Å². The number of methoxy groups -OCH3 is 1. The van der Waals surface area contributed by atoms with Gasteiger partial charge < -0.3 is 9.64 Å². The van der Waals surface area contributed by atoms with Gasteiger partial charge in [0.25, 0.3) is 4.82 Å². The zero-order chi connectivity index (χ0) is 12.1. The first-order valence-corrected chi connectivity index (χ1v) is 5.94. The summed E-state index contributed by atoms with van der Waals surface area (Å²) in [5.74, 6) is 0.817. The van der Waals surface area contributed by atoms with Crippen LogP contribution in [-0.2, 0) is 13.0 Å². The summed E-state index contributed by atoms with van der Waals surface area (Å²) >= 11 is 2.93. The lowest BCUT2D eigenvalue weighted by Gasteiger charge is -2.16. The summed E-state index contributed by atoms with van der Waals surface area (Å²) in [7, 11) is 3.38. The van der Waals surface area contributed by atoms with Crippen LogP contribution < -0.4 is 4.74 Å². The number of amides is 1. The molecule has 88 valence electrons. The molecule has 1 rings (SSSR count). The second-order valence-corrected chi connectivity index (χ2v) is 4.29. The SMILES string of the molecule is CCc1ccc(OC)c(CN(C)C(=O)Br)c1. The molecule has 4 heteroatoms. The van der Waals surface area contributed by atoms with Crippen molar-refractivity contribution < 1.29 is 9.53 Å². The van der Waals surface area contributed by atoms with Crippen LogP contribution >= 0.6 is 15.9 Å². The van der Waals surface area contributed by atoms with Gasteiger partial charge in [0.1, 0.15) is 5.75 Å². The number of hydrogen-bond acceptors (Lipinski definition) is 2. The molecule has 0 atom stereocenters. The highest BCUT2D eigenvalue weighted by Gasteiger charge is 2.09. The van der Waals surface area contributed by atoms with Crippen molar-refractivity contribution in [2.45, 2.75) is 19.9 Å². The van der Waals surface area contributed by atoms with E-state index in [1.165, 1.54) is 5.56 Å². The lowest BCUT2D eigenvalue weighted by Crippen LogP contribution is -2.20. The van der Waals surface area contributed by atoms with Crippen molar-refractivity contribution in [3.8, 4) is 5.75 Å². The fourth-order valence-corrected chi connectivity index (χ4v) is 1.62. The van der Waals surface area contributed by atoms with Gasteiger partial charge in [-0.3, -0.25) is 4.79 Å². The Balaban J connectivity index is 2.95. The largest absolute Gasteiger partial charge is 0.496 e. The molecule has 3 nitrogen and oxygen atoms in total. The Labute approximate surface area is 105 Å². The zero-order valence-electron chi connectivity index (χ0n) is 9.79. The van der Waals surface area contributed by atoms with Crippen LogP contribution in [0.3, 0.4) is 0 Å². The van der Waals surface area contributed by atoms with Crippen molar-refractivity contribution in [3.63, 3.8) is 0 Å². The van der Waals surface area contributed by atoms with Crippen molar-refractivity contribution in [2.75, 3.05) is 14.2 Å². The molecule has 0 aliphatic carbocycles. The highest BCUT2D eigenvalue weighted by Crippen LogP contribution is 2.22. The van der Waals surface area contributed by atoms with Crippen LogP contribution in [0.15, 0.2) is 18.2 Å². The Kier molecular flexibility index (Phi) is 4.80. The number of nitrogens with zero attached hydrogens (tertiary/aromatic N) is 1. The Bertz CT molecular complexity index is 379. The van der Waals surface area contributed by atoms with Crippen molar-refractivity contribution in [2.24, 2.45) is 0 Å². The van der Waals surface area contributed by atoms with Crippen LogP contribution in [0.2, 0.25) is 0 Å². The van der Waals surface area contributed by atoms with Gasteiger partial charge in [-0.1, -0.05) is 19.1 Å². The molecule has 0 fully saturated rings. The van der Waals surface area contributed by atoms with Crippen molar-refractivity contribution >= 4 is 20.7 Å². The highest BCUT2D eigenvalue weighted by molar-refractivity contribution is 9.18. The third-order valence-corrected chi connectivity index (χ3v) is 3.07. The normalized spacial score (nSPS) is 10.0. The van der Waals surface area contributed by atoms with Crippen LogP contribution in [0, 0.1) is 0 Å². The summed E-state index contributed by atoms with van der Waals surface area (Å²) in [6.07, 6.45) is 0.975. The summed E-state index contributed by atoms with van der Waals surface area (Å²) in [6, 6.07) is 6.06. The van der Waals surface area contributed by atoms with E-state index >= 15 is 0 Å². The number of hydrogen-bond donors (Lipinski definition) is 0. The topological polar surface area (TPSA) is 29.5 Å². The van der Waals surface area contributed by atoms with E-state index in [0.717, 1.165) is 17.7 Å². The van der Waals surface area contributed by atoms with Gasteiger partial charge >= 0.3 is 0 Å². The Morgan fingerprint density at radius 3 is 2.69 bits per heavy atom. The van der Waals surface area contributed by atoms with Gasteiger partial charge in [0.2, 0.25) is 0 Å². The van der Waals surface area contributed by atoms with Gasteiger partial charge in [-0.05, 0) is 18.1 Å². The molecule has 0 aliphatic rings. The molecule has 0 N–H and O–H groups in total. The molecule has 1 aromatic rings. The first-order chi connectivity index (χ1) is 7.58. The summed E-state index contributed by atoms with van der Waals surface area (Å²) in [5, 5.41) is 0. The molecule has 0 saturated carbocycles. The van der Waals surface area contributed by atoms with Gasteiger partial charge in [0.15, 0.2) is 0 Å². The Morgan fingerprint density at radius 2 is 2.19 bits per heavy atom. The standard InChI is InChI=1S/C12H16BrNO2/c1-4-9-5-6-11(16-3)10(7-9)8-14(2)12(13)15/h5-7H,4,8H2,1-3H3. The number of carbonyl (C=O) groups excluding carboxylic acids is 1. The summed E-state index contributed by atoms with van der Waals surface area (Å²) < 4.78 is 5.27. The van der Waals surface area contributed by atoms with Crippen LogP contribution in [0.4, 0.5) is 4.79 Å². The van der Waals surface area contributed by atoms with E-state index in [1.54, 1.807) is 19.1 Å². The molecule has 0 bridgehead atoms. The number of ether oxygens (including phenoxy) is 1. The molecular weight excluding hydrogens is 270 g/mol. The third-order valence-electron chi connectivity index (χ3n) is 2.46. The van der Waals surface area contributed by atoms with E-state index in [2.05, 4.69) is 28.9 Å². The van der Waals surface area contributed by atoms with Crippen LogP contribution in [0.1, 0.15) is 18.1 Å². The van der Waals surface area contributed by atoms with E-state index < -0.39 is 0 Å². The van der Waals surface area contributed by atoms with Gasteiger partial charge in [0, 0.05) is 35.1 Å². The number of benzene rings is 1. The first kappa shape index (κ1) is 13.0. The van der Waals surface area contributed by atoms with Crippen LogP contribution in [-0.4, -0.2) is 23.9 Å². The number of rotatable bonds is 4. The minimum atomic E-state index is -0.128. The maximum absolute atomic E-state index is 11.1. The molecule has 1 amide bonds. The lowest BCUT2D eigenvalue weighted by molar-refractivity contribution is 0.232. The van der Waals surface area contributed by atoms with Crippen molar-refractivity contribution in [3.05, 3.63) is 29.3 Å². The Hall–Kier alpha value is -1.03. The van der Waals surface area contributed by atoms with Crippen molar-refractivity contribution in [1.29, 1.82) is 0 Å². The summed E-state index contributed by atoms with van der Waals surface area (Å²) in [4.78, 5) is 12.6. The summed E-state index contributed by atoms with van der Waals surface area (Å²) in [6.45, 7) is 2.64. The molecule has 0 aliphatic heterocycles. The first-order valence-electron chi connectivity index (χ1n) is 5.14. The monoisotopic (exact) mass is 285 g/mol. The van der Waals surface area contributed by atoms with Gasteiger partial charge in [0.05, 0.1) is 7.11 Å². The van der Waals surface area contributed by atoms with Crippen LogP contribution in [0.5, 0.6) is 5.75 Å². The molecule has 0 saturated heterocycles. The predicted octanol–water partition coefficient (Wildman–Crippen LogP) is 3.20. The number of carbonyl (C=O) groups is 1. The van der Waals surface area contributed by atoms with E-state index in [9.17, 15) is 4.79 Å². The maximum atomic E-state index is 11.1. The fourth-order valence-electron chi connectivity index (χ4n) is 1.49. The Morgan fingerprint density at radius 1 is 1.50 bits per heavy atom. The average molecular weight is 286 g/mol. The van der Waals surface area contributed by atoms with E-state index in [-0.39, 0.29) is 4.82 Å². The molecule has 0 aromatic heterocycles. The smallest absolute Gasteiger partial charge is 0.289 e. The van der Waals surface area contributed by atoms with E-state index in [0.29, 0.717) is 6.54 Å². The maximum Gasteiger partial charge on any atom is 0.289 e. The molecular formula is C12H16BrNO2. The lowest BCUT2D eigenvalue weighted by atomic mass is 10.1. The minimum absolute atomic E-state index is 0.128. The quantitative estimate of drug-likeness (QED) is 0.628. The molecule has 0 spiro atoms. The summed E-state index contributed by atoms with van der Waals surface area (Å²) in [5.41, 5.74) is 2.27. The molecule has 0 unspecified atom stereocenters. The highest BCUT2D eigenvalue weighted by atomic mass is 79.9. The molecule has 1 aromatic carbocycles. The zero-order valence-corrected chi connectivity index (χ0v) is 11.4.